The molecule has 11 heteroatoms. The van der Waals surface area contributed by atoms with Gasteiger partial charge in [-0.2, -0.15) is 0 Å². The number of benzene rings is 2. The largest absolute Gasteiger partial charge is 0.368 e. The van der Waals surface area contributed by atoms with Crippen LogP contribution in [0.5, 0.6) is 0 Å². The number of aromatic nitrogens is 2. The van der Waals surface area contributed by atoms with Gasteiger partial charge in [-0.25, -0.2) is 9.97 Å². The fourth-order valence-electron chi connectivity index (χ4n) is 4.19. The van der Waals surface area contributed by atoms with E-state index >= 15 is 0 Å². The minimum atomic E-state index is -0.404. The van der Waals surface area contributed by atoms with Gasteiger partial charge in [0.25, 0.3) is 11.6 Å². The number of anilines is 2. The molecule has 0 spiro atoms. The molecule has 194 valence electrons. The number of carbonyl (C=O) groups is 1. The molecule has 1 fully saturated rings. The van der Waals surface area contributed by atoms with Crippen molar-refractivity contribution in [3.8, 4) is 0 Å². The van der Waals surface area contributed by atoms with E-state index < -0.39 is 4.92 Å². The van der Waals surface area contributed by atoms with Gasteiger partial charge < -0.3 is 14.7 Å². The molecule has 3 aromatic rings. The Labute approximate surface area is 225 Å². The molecule has 0 atom stereocenters. The molecule has 1 amide bonds. The van der Waals surface area contributed by atoms with Crippen molar-refractivity contribution < 1.29 is 9.72 Å². The van der Waals surface area contributed by atoms with Crippen LogP contribution in [0, 0.1) is 10.1 Å². The molecule has 0 N–H and O–H groups in total. The van der Waals surface area contributed by atoms with Crippen LogP contribution < -0.4 is 9.80 Å². The molecule has 0 aliphatic carbocycles. The van der Waals surface area contributed by atoms with Gasteiger partial charge in [-0.05, 0) is 43.7 Å². The standard InChI is InChI=1S/C26H29ClN6O3S/c1-3-30(4-2)24-17-23(27)28-26(29-24)37-18-19-5-7-20(8-6-19)25(34)32-15-13-31(14-16-32)21-9-11-22(12-10-21)33(35)36/h5-12,17H,3-4,13-16,18H2,1-2H3. The molecule has 9 nitrogen and oxygen atoms in total. The number of rotatable bonds is 9. The summed E-state index contributed by atoms with van der Waals surface area (Å²) in [6.07, 6.45) is 0. The molecule has 1 aliphatic rings. The van der Waals surface area contributed by atoms with Crippen molar-refractivity contribution >= 4 is 46.5 Å². The molecule has 1 saturated heterocycles. The van der Waals surface area contributed by atoms with Gasteiger partial charge in [-0.1, -0.05) is 35.5 Å². The molecular weight excluding hydrogens is 512 g/mol. The van der Waals surface area contributed by atoms with Gasteiger partial charge in [0.2, 0.25) is 0 Å². The maximum absolute atomic E-state index is 13.0. The normalized spacial score (nSPS) is 13.5. The van der Waals surface area contributed by atoms with Crippen LogP contribution in [0.25, 0.3) is 0 Å². The summed E-state index contributed by atoms with van der Waals surface area (Å²) in [7, 11) is 0. The van der Waals surface area contributed by atoms with Gasteiger partial charge in [0, 0.05) is 74.5 Å². The number of piperazine rings is 1. The average Bonchev–Trinajstić information content (AvgIpc) is 2.92. The van der Waals surface area contributed by atoms with E-state index in [4.69, 9.17) is 11.6 Å². The molecule has 0 radical (unpaired) electrons. The number of hydrogen-bond donors (Lipinski definition) is 0. The van der Waals surface area contributed by atoms with Crippen molar-refractivity contribution in [3.63, 3.8) is 0 Å². The van der Waals surface area contributed by atoms with Gasteiger partial charge >= 0.3 is 0 Å². The Morgan fingerprint density at radius 1 is 1.03 bits per heavy atom. The Balaban J connectivity index is 1.31. The topological polar surface area (TPSA) is 95.7 Å². The van der Waals surface area contributed by atoms with Crippen molar-refractivity contribution in [1.29, 1.82) is 0 Å². The average molecular weight is 541 g/mol. The molecule has 1 aliphatic heterocycles. The first-order valence-electron chi connectivity index (χ1n) is 12.2. The lowest BCUT2D eigenvalue weighted by atomic mass is 10.1. The number of hydrogen-bond acceptors (Lipinski definition) is 8. The number of nitro groups is 1. The zero-order valence-corrected chi connectivity index (χ0v) is 22.4. The number of amides is 1. The highest BCUT2D eigenvalue weighted by atomic mass is 35.5. The minimum Gasteiger partial charge on any atom is -0.368 e. The van der Waals surface area contributed by atoms with Gasteiger partial charge in [-0.15, -0.1) is 0 Å². The van der Waals surface area contributed by atoms with Crippen molar-refractivity contribution in [1.82, 2.24) is 14.9 Å². The van der Waals surface area contributed by atoms with Gasteiger partial charge in [-0.3, -0.25) is 14.9 Å². The third kappa shape index (κ3) is 6.69. The summed E-state index contributed by atoms with van der Waals surface area (Å²) in [6, 6.07) is 16.0. The van der Waals surface area contributed by atoms with E-state index in [9.17, 15) is 14.9 Å². The highest BCUT2D eigenvalue weighted by Crippen LogP contribution is 2.25. The lowest BCUT2D eigenvalue weighted by Crippen LogP contribution is -2.48. The highest BCUT2D eigenvalue weighted by Gasteiger charge is 2.22. The van der Waals surface area contributed by atoms with Crippen LogP contribution in [-0.2, 0) is 5.75 Å². The van der Waals surface area contributed by atoms with Gasteiger partial charge in [0.15, 0.2) is 5.16 Å². The lowest BCUT2D eigenvalue weighted by molar-refractivity contribution is -0.384. The van der Waals surface area contributed by atoms with Gasteiger partial charge in [0.1, 0.15) is 11.0 Å². The molecule has 1 aromatic heterocycles. The maximum Gasteiger partial charge on any atom is 0.269 e. The van der Waals surface area contributed by atoms with Crippen molar-refractivity contribution in [2.24, 2.45) is 0 Å². The zero-order valence-electron chi connectivity index (χ0n) is 20.8. The molecule has 2 aromatic carbocycles. The van der Waals surface area contributed by atoms with E-state index in [0.717, 1.165) is 30.2 Å². The third-order valence-electron chi connectivity index (χ3n) is 6.31. The number of thioether (sulfide) groups is 1. The Hall–Kier alpha value is -3.37. The smallest absolute Gasteiger partial charge is 0.269 e. The van der Waals surface area contributed by atoms with Crippen LogP contribution in [0.15, 0.2) is 59.8 Å². The van der Waals surface area contributed by atoms with E-state index in [2.05, 4.69) is 33.6 Å². The monoisotopic (exact) mass is 540 g/mol. The molecule has 0 unspecified atom stereocenters. The van der Waals surface area contributed by atoms with Crippen LogP contribution in [0.2, 0.25) is 5.15 Å². The van der Waals surface area contributed by atoms with E-state index in [1.807, 2.05) is 29.2 Å². The SMILES string of the molecule is CCN(CC)c1cc(Cl)nc(SCc2ccc(C(=O)N3CCN(c4ccc([N+](=O)[O-])cc4)CC3)cc2)n1. The number of nitro benzene ring substituents is 1. The van der Waals surface area contributed by atoms with Crippen LogP contribution in [0.3, 0.4) is 0 Å². The van der Waals surface area contributed by atoms with E-state index in [0.29, 0.717) is 47.8 Å². The minimum absolute atomic E-state index is 0.00425. The van der Waals surface area contributed by atoms with Crippen LogP contribution in [0.1, 0.15) is 29.8 Å². The molecule has 2 heterocycles. The third-order valence-corrected chi connectivity index (χ3v) is 7.42. The number of halogens is 1. The predicted octanol–water partition coefficient (Wildman–Crippen LogP) is 5.14. The van der Waals surface area contributed by atoms with Crippen molar-refractivity contribution in [2.45, 2.75) is 24.8 Å². The molecule has 4 rings (SSSR count). The predicted molar refractivity (Wildman–Crippen MR) is 148 cm³/mol. The Morgan fingerprint density at radius 2 is 1.68 bits per heavy atom. The Morgan fingerprint density at radius 3 is 2.27 bits per heavy atom. The number of non-ortho nitro benzene ring substituents is 1. The van der Waals surface area contributed by atoms with E-state index in [-0.39, 0.29) is 11.6 Å². The maximum atomic E-state index is 13.0. The molecule has 0 saturated carbocycles. The highest BCUT2D eigenvalue weighted by molar-refractivity contribution is 7.98. The summed E-state index contributed by atoms with van der Waals surface area (Å²) in [6.45, 7) is 8.37. The second-order valence-electron chi connectivity index (χ2n) is 8.54. The molecular formula is C26H29ClN6O3S. The first-order chi connectivity index (χ1) is 17.9. The second-order valence-corrected chi connectivity index (χ2v) is 9.87. The summed E-state index contributed by atoms with van der Waals surface area (Å²) in [5.74, 6) is 1.49. The fraction of sp³-hybridized carbons (Fsp3) is 0.346. The number of carbonyl (C=O) groups excluding carboxylic acids is 1. The fourth-order valence-corrected chi connectivity index (χ4v) is 5.22. The molecule has 37 heavy (non-hydrogen) atoms. The Kier molecular flexibility index (Phi) is 8.83. The summed E-state index contributed by atoms with van der Waals surface area (Å²) < 4.78 is 0. The van der Waals surface area contributed by atoms with Crippen LogP contribution in [0.4, 0.5) is 17.2 Å². The van der Waals surface area contributed by atoms with Gasteiger partial charge in [0.05, 0.1) is 4.92 Å². The number of nitrogens with zero attached hydrogens (tertiary/aromatic N) is 6. The Bertz CT molecular complexity index is 1230. The van der Waals surface area contributed by atoms with Crippen LogP contribution >= 0.6 is 23.4 Å². The van der Waals surface area contributed by atoms with Crippen molar-refractivity contribution in [3.05, 3.63) is 81.0 Å². The summed E-state index contributed by atoms with van der Waals surface area (Å²) in [5.41, 5.74) is 2.72. The summed E-state index contributed by atoms with van der Waals surface area (Å²) in [5, 5.41) is 11.9. The zero-order chi connectivity index (χ0) is 26.4. The lowest BCUT2D eigenvalue weighted by Gasteiger charge is -2.36. The summed E-state index contributed by atoms with van der Waals surface area (Å²) >= 11 is 7.73. The van der Waals surface area contributed by atoms with Crippen molar-refractivity contribution in [2.75, 3.05) is 49.1 Å². The molecule has 0 bridgehead atoms. The first-order valence-corrected chi connectivity index (χ1v) is 13.5. The second kappa shape index (κ2) is 12.2. The summed E-state index contributed by atoms with van der Waals surface area (Å²) in [4.78, 5) is 38.6. The van der Waals surface area contributed by atoms with E-state index in [1.54, 1.807) is 18.2 Å². The van der Waals surface area contributed by atoms with Crippen LogP contribution in [-0.4, -0.2) is 65.0 Å². The quantitative estimate of drug-likeness (QED) is 0.121. The first kappa shape index (κ1) is 26.7. The van der Waals surface area contributed by atoms with E-state index in [1.165, 1.54) is 23.9 Å².